The first-order chi connectivity index (χ1) is 17.1. The van der Waals surface area contributed by atoms with E-state index in [1.54, 1.807) is 10.3 Å². The van der Waals surface area contributed by atoms with Crippen molar-refractivity contribution in [2.75, 3.05) is 25.1 Å². The van der Waals surface area contributed by atoms with Crippen LogP contribution in [0.5, 0.6) is 5.75 Å². The molecular weight excluding hydrogens is 515 g/mol. The van der Waals surface area contributed by atoms with Crippen molar-refractivity contribution in [3.8, 4) is 16.3 Å². The standard InChI is InChI=1S/C21H19F5N4O5S/c1-33-16(17(22)23)11-6-12(18-27-4-5-36-18)14-13(15(11)35-21(24,25)26)28-19(34-14)29-7-9-2-3-10(8-29)30(9)20(31)32/h4-6,9-10,16-17H,2-3,7-8H2,1H3,(H,31,32). The Hall–Kier alpha value is -3.20. The predicted molar refractivity (Wildman–Crippen MR) is 116 cm³/mol. The Morgan fingerprint density at radius 1 is 1.28 bits per heavy atom. The van der Waals surface area contributed by atoms with Gasteiger partial charge < -0.3 is 23.9 Å². The molecule has 2 bridgehead atoms. The first kappa shape index (κ1) is 24.5. The average Bonchev–Trinajstić information content (AvgIpc) is 3.53. The second-order valence-electron chi connectivity index (χ2n) is 8.37. The zero-order valence-electron chi connectivity index (χ0n) is 18.5. The summed E-state index contributed by atoms with van der Waals surface area (Å²) in [5.74, 6) is -0.952. The van der Waals surface area contributed by atoms with Crippen molar-refractivity contribution in [1.82, 2.24) is 14.9 Å². The van der Waals surface area contributed by atoms with Gasteiger partial charge in [-0.3, -0.25) is 4.90 Å². The number of carboxylic acid groups (broad SMARTS) is 1. The molecule has 5 rings (SSSR count). The van der Waals surface area contributed by atoms with E-state index in [4.69, 9.17) is 9.15 Å². The molecule has 2 saturated heterocycles. The third-order valence-corrected chi connectivity index (χ3v) is 7.09. The third kappa shape index (κ3) is 4.30. The Morgan fingerprint density at radius 3 is 2.50 bits per heavy atom. The molecule has 194 valence electrons. The molecule has 1 amide bonds. The normalized spacial score (nSPS) is 21.0. The van der Waals surface area contributed by atoms with Crippen LogP contribution in [0.25, 0.3) is 21.7 Å². The lowest BCUT2D eigenvalue weighted by Crippen LogP contribution is -2.55. The summed E-state index contributed by atoms with van der Waals surface area (Å²) in [6.07, 6.45) is -8.78. The van der Waals surface area contributed by atoms with Crippen LogP contribution in [0, 0.1) is 0 Å². The van der Waals surface area contributed by atoms with Crippen LogP contribution >= 0.6 is 11.3 Å². The fourth-order valence-electron chi connectivity index (χ4n) is 4.89. The van der Waals surface area contributed by atoms with Gasteiger partial charge in [0.25, 0.3) is 12.4 Å². The highest BCUT2D eigenvalue weighted by Gasteiger charge is 2.44. The third-order valence-electron chi connectivity index (χ3n) is 6.28. The van der Waals surface area contributed by atoms with Crippen molar-refractivity contribution in [3.05, 3.63) is 23.2 Å². The summed E-state index contributed by atoms with van der Waals surface area (Å²) in [7, 11) is 0.952. The van der Waals surface area contributed by atoms with Gasteiger partial charge >= 0.3 is 12.5 Å². The Bertz CT molecular complexity index is 1250. The number of anilines is 1. The highest BCUT2D eigenvalue weighted by Crippen LogP contribution is 2.46. The molecule has 36 heavy (non-hydrogen) atoms. The number of rotatable bonds is 6. The zero-order chi connectivity index (χ0) is 25.8. The number of nitrogens with zero attached hydrogens (tertiary/aromatic N) is 4. The molecular formula is C21H19F5N4O5S. The van der Waals surface area contributed by atoms with Crippen LogP contribution in [0.3, 0.4) is 0 Å². The molecule has 4 heterocycles. The summed E-state index contributed by atoms with van der Waals surface area (Å²) < 4.78 is 82.7. The first-order valence-electron chi connectivity index (χ1n) is 10.8. The first-order valence-corrected chi connectivity index (χ1v) is 11.7. The molecule has 0 radical (unpaired) electrons. The van der Waals surface area contributed by atoms with Gasteiger partial charge in [0, 0.05) is 37.3 Å². The van der Waals surface area contributed by atoms with E-state index in [0.717, 1.165) is 24.5 Å². The van der Waals surface area contributed by atoms with Crippen LogP contribution in [-0.2, 0) is 4.74 Å². The molecule has 0 aliphatic carbocycles. The summed E-state index contributed by atoms with van der Waals surface area (Å²) in [6.45, 7) is 0.421. The molecule has 0 saturated carbocycles. The maximum atomic E-state index is 13.8. The van der Waals surface area contributed by atoms with Crippen molar-refractivity contribution in [2.24, 2.45) is 0 Å². The largest absolute Gasteiger partial charge is 0.573 e. The van der Waals surface area contributed by atoms with Crippen LogP contribution < -0.4 is 9.64 Å². The van der Waals surface area contributed by atoms with Crippen LogP contribution in [0.1, 0.15) is 24.5 Å². The minimum atomic E-state index is -5.21. The lowest BCUT2D eigenvalue weighted by molar-refractivity contribution is -0.274. The number of fused-ring (bicyclic) bond motifs is 3. The SMILES string of the molecule is COC(c1cc(-c2nccs2)c2oc(N3CC4CCC(C3)N4C(=O)O)nc2c1OC(F)(F)F)C(F)F. The molecule has 15 heteroatoms. The van der Waals surface area contributed by atoms with Crippen molar-refractivity contribution >= 4 is 34.5 Å². The molecule has 2 aliphatic heterocycles. The van der Waals surface area contributed by atoms with Gasteiger partial charge in [0.2, 0.25) is 0 Å². The van der Waals surface area contributed by atoms with Gasteiger partial charge in [-0.2, -0.15) is 4.98 Å². The van der Waals surface area contributed by atoms with Crippen LogP contribution in [0.2, 0.25) is 0 Å². The number of hydrogen-bond donors (Lipinski definition) is 1. The number of alkyl halides is 5. The van der Waals surface area contributed by atoms with Gasteiger partial charge in [0.1, 0.15) is 11.1 Å². The fraction of sp³-hybridized carbons (Fsp3) is 0.476. The van der Waals surface area contributed by atoms with E-state index in [2.05, 4.69) is 14.7 Å². The van der Waals surface area contributed by atoms with E-state index < -0.39 is 41.8 Å². The number of aromatic nitrogens is 2. The molecule has 0 spiro atoms. The molecule has 3 aromatic rings. The van der Waals surface area contributed by atoms with Gasteiger partial charge in [0.15, 0.2) is 16.8 Å². The molecule has 2 aromatic heterocycles. The Kier molecular flexibility index (Phi) is 6.14. The van der Waals surface area contributed by atoms with Crippen LogP contribution in [-0.4, -0.2) is 71.1 Å². The van der Waals surface area contributed by atoms with Gasteiger partial charge in [-0.1, -0.05) is 0 Å². The number of methoxy groups -OCH3 is 1. The monoisotopic (exact) mass is 534 g/mol. The summed E-state index contributed by atoms with van der Waals surface area (Å²) in [6, 6.07) is 0.337. The van der Waals surface area contributed by atoms with E-state index in [-0.39, 0.29) is 42.3 Å². The second-order valence-corrected chi connectivity index (χ2v) is 9.27. The number of amides is 1. The highest BCUT2D eigenvalue weighted by molar-refractivity contribution is 7.13. The highest BCUT2D eigenvalue weighted by atomic mass is 32.1. The Balaban J connectivity index is 1.68. The molecule has 1 N–H and O–H groups in total. The smallest absolute Gasteiger partial charge is 0.465 e. The summed E-state index contributed by atoms with van der Waals surface area (Å²) in [5, 5.41) is 11.4. The maximum absolute atomic E-state index is 13.8. The lowest BCUT2D eigenvalue weighted by atomic mass is 10.0. The van der Waals surface area contributed by atoms with Crippen molar-refractivity contribution in [3.63, 3.8) is 0 Å². The average molecular weight is 534 g/mol. The number of halogens is 5. The molecule has 2 aliphatic rings. The van der Waals surface area contributed by atoms with Gasteiger partial charge in [-0.15, -0.1) is 24.5 Å². The van der Waals surface area contributed by atoms with E-state index >= 15 is 0 Å². The number of piperazine rings is 1. The van der Waals surface area contributed by atoms with Gasteiger partial charge in [-0.25, -0.2) is 18.6 Å². The van der Waals surface area contributed by atoms with Crippen molar-refractivity contribution in [1.29, 1.82) is 0 Å². The van der Waals surface area contributed by atoms with E-state index in [1.807, 2.05) is 0 Å². The lowest BCUT2D eigenvalue weighted by Gasteiger charge is -2.38. The van der Waals surface area contributed by atoms with Gasteiger partial charge in [-0.05, 0) is 18.9 Å². The summed E-state index contributed by atoms with van der Waals surface area (Å²) in [5.41, 5.74) is -0.947. The second kappa shape index (κ2) is 9.03. The molecule has 1 aromatic carbocycles. The Morgan fingerprint density at radius 2 is 1.97 bits per heavy atom. The minimum absolute atomic E-state index is 0.0695. The number of oxazole rings is 1. The van der Waals surface area contributed by atoms with Crippen molar-refractivity contribution < 1.29 is 45.7 Å². The quantitative estimate of drug-likeness (QED) is 0.435. The van der Waals surface area contributed by atoms with Crippen LogP contribution in [0.15, 0.2) is 22.1 Å². The van der Waals surface area contributed by atoms with Crippen molar-refractivity contribution in [2.45, 2.75) is 43.8 Å². The predicted octanol–water partition coefficient (Wildman–Crippen LogP) is 5.13. The minimum Gasteiger partial charge on any atom is -0.465 e. The van der Waals surface area contributed by atoms with Gasteiger partial charge in [0.05, 0.1) is 17.6 Å². The number of carbonyl (C=O) groups is 1. The van der Waals surface area contributed by atoms with E-state index in [0.29, 0.717) is 17.8 Å². The molecule has 9 nitrogen and oxygen atoms in total. The number of hydrogen-bond acceptors (Lipinski definition) is 8. The maximum Gasteiger partial charge on any atom is 0.573 e. The van der Waals surface area contributed by atoms with E-state index in [9.17, 15) is 31.9 Å². The number of ether oxygens (including phenoxy) is 2. The van der Waals surface area contributed by atoms with Crippen LogP contribution in [0.4, 0.5) is 32.8 Å². The Labute approximate surface area is 204 Å². The fourth-order valence-corrected chi connectivity index (χ4v) is 5.54. The summed E-state index contributed by atoms with van der Waals surface area (Å²) in [4.78, 5) is 23.0. The molecule has 2 fully saturated rings. The summed E-state index contributed by atoms with van der Waals surface area (Å²) >= 11 is 1.13. The van der Waals surface area contributed by atoms with E-state index in [1.165, 1.54) is 11.1 Å². The molecule has 3 unspecified atom stereocenters. The number of thiazole rings is 1. The molecule has 3 atom stereocenters. The topological polar surface area (TPSA) is 101 Å². The number of benzene rings is 1. The zero-order valence-corrected chi connectivity index (χ0v) is 19.4.